The van der Waals surface area contributed by atoms with Crippen LogP contribution < -0.4 is 21.7 Å². The zero-order valence-electron chi connectivity index (χ0n) is 14.0. The Bertz CT molecular complexity index is 541. The van der Waals surface area contributed by atoms with Crippen LogP contribution in [-0.2, 0) is 9.53 Å². The molecule has 7 heteroatoms. The molecule has 1 aliphatic rings. The molecule has 1 saturated heterocycles. The van der Waals surface area contributed by atoms with Crippen LogP contribution in [0.15, 0.2) is 24.3 Å². The van der Waals surface area contributed by atoms with Crippen molar-refractivity contribution >= 4 is 23.3 Å². The summed E-state index contributed by atoms with van der Waals surface area (Å²) in [6.45, 7) is 3.26. The van der Waals surface area contributed by atoms with Gasteiger partial charge < -0.3 is 26.4 Å². The van der Waals surface area contributed by atoms with Crippen LogP contribution in [0.1, 0.15) is 32.6 Å². The lowest BCUT2D eigenvalue weighted by Crippen LogP contribution is -2.35. The Balaban J connectivity index is 1.76. The molecule has 1 heterocycles. The molecule has 1 aromatic carbocycles. The van der Waals surface area contributed by atoms with Gasteiger partial charge in [-0.05, 0) is 43.5 Å². The Morgan fingerprint density at radius 3 is 2.50 bits per heavy atom. The highest BCUT2D eigenvalue weighted by atomic mass is 16.5. The molecule has 5 N–H and O–H groups in total. The van der Waals surface area contributed by atoms with E-state index in [4.69, 9.17) is 10.5 Å². The molecule has 0 saturated carbocycles. The lowest BCUT2D eigenvalue weighted by Gasteiger charge is -2.13. The topological polar surface area (TPSA) is 105 Å². The third-order valence-corrected chi connectivity index (χ3v) is 3.86. The Hall–Kier alpha value is -2.12. The fourth-order valence-corrected chi connectivity index (χ4v) is 2.50. The van der Waals surface area contributed by atoms with Crippen molar-refractivity contribution in [2.24, 2.45) is 5.73 Å². The van der Waals surface area contributed by atoms with E-state index in [9.17, 15) is 9.59 Å². The van der Waals surface area contributed by atoms with Gasteiger partial charge in [0.15, 0.2) is 0 Å². The van der Waals surface area contributed by atoms with E-state index in [1.807, 2.05) is 6.92 Å². The Labute approximate surface area is 142 Å². The molecule has 1 fully saturated rings. The van der Waals surface area contributed by atoms with Crippen molar-refractivity contribution < 1.29 is 14.3 Å². The summed E-state index contributed by atoms with van der Waals surface area (Å²) in [4.78, 5) is 23.7. The third kappa shape index (κ3) is 5.82. The molecular formula is C17H26N4O3. The highest BCUT2D eigenvalue weighted by molar-refractivity contribution is 5.95. The number of carbonyl (C=O) groups excluding carboxylic acids is 2. The quantitative estimate of drug-likeness (QED) is 0.612. The fourth-order valence-electron chi connectivity index (χ4n) is 2.50. The van der Waals surface area contributed by atoms with E-state index in [0.29, 0.717) is 24.3 Å². The maximum Gasteiger partial charge on any atom is 0.319 e. The van der Waals surface area contributed by atoms with E-state index in [2.05, 4.69) is 16.0 Å². The third-order valence-electron chi connectivity index (χ3n) is 3.86. The van der Waals surface area contributed by atoms with Crippen LogP contribution in [0.2, 0.25) is 0 Å². The van der Waals surface area contributed by atoms with Crippen LogP contribution in [0.3, 0.4) is 0 Å². The van der Waals surface area contributed by atoms with Gasteiger partial charge in [-0.15, -0.1) is 0 Å². The minimum Gasteiger partial charge on any atom is -0.376 e. The monoisotopic (exact) mass is 334 g/mol. The average molecular weight is 334 g/mol. The van der Waals surface area contributed by atoms with Gasteiger partial charge in [-0.3, -0.25) is 4.79 Å². The van der Waals surface area contributed by atoms with Gasteiger partial charge in [0.25, 0.3) is 0 Å². The maximum atomic E-state index is 11.8. The molecule has 0 spiro atoms. The van der Waals surface area contributed by atoms with Crippen LogP contribution in [0.5, 0.6) is 0 Å². The number of hydrogen-bond acceptors (Lipinski definition) is 4. The SMILES string of the molecule is CCCC(N)C(=O)Nc1ccc(NC(=O)NCC2CCCO2)cc1. The van der Waals surface area contributed by atoms with Crippen molar-refractivity contribution in [2.45, 2.75) is 44.8 Å². The smallest absolute Gasteiger partial charge is 0.319 e. The first-order chi connectivity index (χ1) is 11.6. The van der Waals surface area contributed by atoms with E-state index in [1.54, 1.807) is 24.3 Å². The number of carbonyl (C=O) groups is 2. The van der Waals surface area contributed by atoms with Gasteiger partial charge in [-0.1, -0.05) is 13.3 Å². The van der Waals surface area contributed by atoms with Gasteiger partial charge in [-0.2, -0.15) is 0 Å². The van der Waals surface area contributed by atoms with Crippen molar-refractivity contribution in [3.8, 4) is 0 Å². The molecule has 2 rings (SSSR count). The van der Waals surface area contributed by atoms with E-state index < -0.39 is 6.04 Å². The summed E-state index contributed by atoms with van der Waals surface area (Å²) in [5, 5.41) is 8.29. The minimum absolute atomic E-state index is 0.112. The number of ether oxygens (including phenoxy) is 1. The fraction of sp³-hybridized carbons (Fsp3) is 0.529. The van der Waals surface area contributed by atoms with E-state index in [-0.39, 0.29) is 18.0 Å². The van der Waals surface area contributed by atoms with Gasteiger partial charge in [0.1, 0.15) is 0 Å². The molecule has 0 bridgehead atoms. The predicted octanol–water partition coefficient (Wildman–Crippen LogP) is 2.05. The van der Waals surface area contributed by atoms with Gasteiger partial charge in [-0.25, -0.2) is 4.79 Å². The van der Waals surface area contributed by atoms with Gasteiger partial charge >= 0.3 is 6.03 Å². The Morgan fingerprint density at radius 2 is 1.92 bits per heavy atom. The molecule has 0 aliphatic carbocycles. The summed E-state index contributed by atoms with van der Waals surface area (Å²) in [5.41, 5.74) is 7.07. The van der Waals surface area contributed by atoms with Crippen LogP contribution in [0, 0.1) is 0 Å². The highest BCUT2D eigenvalue weighted by Crippen LogP contribution is 2.14. The summed E-state index contributed by atoms with van der Waals surface area (Å²) in [5.74, 6) is -0.202. The summed E-state index contributed by atoms with van der Waals surface area (Å²) < 4.78 is 5.45. The summed E-state index contributed by atoms with van der Waals surface area (Å²) in [7, 11) is 0. The Kier molecular flexibility index (Phi) is 7.02. The minimum atomic E-state index is -0.503. The molecule has 2 atom stereocenters. The first-order valence-electron chi connectivity index (χ1n) is 8.41. The number of hydrogen-bond donors (Lipinski definition) is 4. The lowest BCUT2D eigenvalue weighted by atomic mass is 10.1. The molecule has 2 unspecified atom stereocenters. The standard InChI is InChI=1S/C17H26N4O3/c1-2-4-15(18)16(22)20-12-6-8-13(9-7-12)21-17(23)19-11-14-5-3-10-24-14/h6-9,14-15H,2-5,10-11,18H2,1H3,(H,20,22)(H2,19,21,23). The number of amides is 3. The number of anilines is 2. The molecule has 7 nitrogen and oxygen atoms in total. The summed E-state index contributed by atoms with van der Waals surface area (Å²) in [6.07, 6.45) is 3.65. The summed E-state index contributed by atoms with van der Waals surface area (Å²) in [6, 6.07) is 6.14. The van der Waals surface area contributed by atoms with Crippen molar-refractivity contribution in [3.05, 3.63) is 24.3 Å². The second kappa shape index (κ2) is 9.24. The zero-order valence-corrected chi connectivity index (χ0v) is 14.0. The van der Waals surface area contributed by atoms with Crippen molar-refractivity contribution in [1.82, 2.24) is 5.32 Å². The number of nitrogens with one attached hydrogen (secondary N) is 3. The second-order valence-corrected chi connectivity index (χ2v) is 5.93. The number of urea groups is 1. The van der Waals surface area contributed by atoms with Crippen LogP contribution in [0.25, 0.3) is 0 Å². The first kappa shape index (κ1) is 18.2. The van der Waals surface area contributed by atoms with Crippen molar-refractivity contribution in [2.75, 3.05) is 23.8 Å². The number of rotatable bonds is 7. The van der Waals surface area contributed by atoms with Crippen LogP contribution in [0.4, 0.5) is 16.2 Å². The van der Waals surface area contributed by atoms with E-state index in [1.165, 1.54) is 0 Å². The van der Waals surface area contributed by atoms with Crippen LogP contribution in [-0.4, -0.2) is 37.2 Å². The van der Waals surface area contributed by atoms with Crippen LogP contribution >= 0.6 is 0 Å². The zero-order chi connectivity index (χ0) is 17.4. The van der Waals surface area contributed by atoms with Gasteiger partial charge in [0, 0.05) is 24.5 Å². The average Bonchev–Trinajstić information content (AvgIpc) is 3.08. The number of benzene rings is 1. The largest absolute Gasteiger partial charge is 0.376 e. The molecule has 3 amide bonds. The maximum absolute atomic E-state index is 11.8. The van der Waals surface area contributed by atoms with E-state index in [0.717, 1.165) is 25.9 Å². The first-order valence-corrected chi connectivity index (χ1v) is 8.41. The van der Waals surface area contributed by atoms with Crippen molar-refractivity contribution in [3.63, 3.8) is 0 Å². The molecule has 1 aliphatic heterocycles. The van der Waals surface area contributed by atoms with Gasteiger partial charge in [0.2, 0.25) is 5.91 Å². The molecular weight excluding hydrogens is 308 g/mol. The second-order valence-electron chi connectivity index (χ2n) is 5.93. The highest BCUT2D eigenvalue weighted by Gasteiger charge is 2.16. The Morgan fingerprint density at radius 1 is 1.25 bits per heavy atom. The molecule has 0 radical (unpaired) electrons. The lowest BCUT2D eigenvalue weighted by molar-refractivity contribution is -0.117. The molecule has 24 heavy (non-hydrogen) atoms. The van der Waals surface area contributed by atoms with Gasteiger partial charge in [0.05, 0.1) is 12.1 Å². The van der Waals surface area contributed by atoms with Crippen molar-refractivity contribution in [1.29, 1.82) is 0 Å². The summed E-state index contributed by atoms with van der Waals surface area (Å²) >= 11 is 0. The predicted molar refractivity (Wildman–Crippen MR) is 94.0 cm³/mol. The van der Waals surface area contributed by atoms with E-state index >= 15 is 0 Å². The normalized spacial score (nSPS) is 18.0. The molecule has 1 aromatic rings. The number of nitrogens with two attached hydrogens (primary N) is 1. The molecule has 0 aromatic heterocycles. The molecule has 132 valence electrons.